The Balaban J connectivity index is 1.48. The fraction of sp³-hybridized carbons (Fsp3) is 0.364. The maximum absolute atomic E-state index is 12.7. The zero-order valence-electron chi connectivity index (χ0n) is 17.4. The molecule has 1 aromatic carbocycles. The molecular weight excluding hydrogens is 473 g/mol. The van der Waals surface area contributed by atoms with Gasteiger partial charge >= 0.3 is 6.09 Å². The predicted molar refractivity (Wildman–Crippen MR) is 129 cm³/mol. The lowest BCUT2D eigenvalue weighted by molar-refractivity contribution is -0.123. The number of carbonyl (C=O) groups excluding carboxylic acids is 2. The van der Waals surface area contributed by atoms with E-state index in [2.05, 4.69) is 17.2 Å². The van der Waals surface area contributed by atoms with Crippen LogP contribution in [0.25, 0.3) is 0 Å². The number of carbonyl (C=O) groups is 2. The molecule has 2 amide bonds. The third kappa shape index (κ3) is 6.62. The molecule has 2 aromatic rings. The molecule has 0 aliphatic carbocycles. The lowest BCUT2D eigenvalue weighted by Gasteiger charge is -2.32. The maximum atomic E-state index is 12.7. The van der Waals surface area contributed by atoms with Gasteiger partial charge in [0.15, 0.2) is 5.06 Å². The van der Waals surface area contributed by atoms with Crippen LogP contribution < -0.4 is 20.3 Å². The first-order chi connectivity index (χ1) is 15.4. The van der Waals surface area contributed by atoms with Crippen LogP contribution in [0.2, 0.25) is 9.36 Å². The number of hydrogen-bond acceptors (Lipinski definition) is 6. The standard InChI is InChI=1S/C22H25Cl2N3O4S/c1-2-4-14-5-3-10-27(21(14)29)18-7-6-15(11-17(18)23)25-12-16(28)13-26-22(30)31-20-9-8-19(24)32-20/h2,6-9,11,14,16,25,28H,1,3-5,10,12-13H2,(H,26,30)/t14?,16-/m1/s1. The number of nitrogens with one attached hydrogen (secondary N) is 2. The quantitative estimate of drug-likeness (QED) is 0.427. The van der Waals surface area contributed by atoms with Crippen LogP contribution in [0, 0.1) is 5.92 Å². The first-order valence-corrected chi connectivity index (χ1v) is 11.8. The molecule has 2 heterocycles. The van der Waals surface area contributed by atoms with Gasteiger partial charge < -0.3 is 25.4 Å². The van der Waals surface area contributed by atoms with E-state index in [1.165, 1.54) is 0 Å². The van der Waals surface area contributed by atoms with E-state index in [9.17, 15) is 14.7 Å². The molecular formula is C22H25Cl2N3O4S. The molecule has 10 heteroatoms. The Morgan fingerprint density at radius 1 is 1.34 bits per heavy atom. The number of nitrogens with zero attached hydrogens (tertiary/aromatic N) is 1. The Hall–Kier alpha value is -2.26. The average molecular weight is 498 g/mol. The van der Waals surface area contributed by atoms with Crippen LogP contribution in [0.15, 0.2) is 43.0 Å². The van der Waals surface area contributed by atoms with E-state index < -0.39 is 12.2 Å². The van der Waals surface area contributed by atoms with Crippen molar-refractivity contribution in [3.63, 3.8) is 0 Å². The highest BCUT2D eigenvalue weighted by Gasteiger charge is 2.29. The van der Waals surface area contributed by atoms with Gasteiger partial charge in [-0.15, -0.1) is 6.58 Å². The number of halogens is 2. The maximum Gasteiger partial charge on any atom is 0.413 e. The summed E-state index contributed by atoms with van der Waals surface area (Å²) in [6, 6.07) is 8.55. The predicted octanol–water partition coefficient (Wildman–Crippen LogP) is 4.94. The number of ether oxygens (including phenoxy) is 1. The highest BCUT2D eigenvalue weighted by atomic mass is 35.5. The Labute approximate surface area is 201 Å². The van der Waals surface area contributed by atoms with Crippen molar-refractivity contribution in [2.75, 3.05) is 29.9 Å². The van der Waals surface area contributed by atoms with Gasteiger partial charge in [-0.05, 0) is 49.6 Å². The van der Waals surface area contributed by atoms with Crippen molar-refractivity contribution in [2.45, 2.75) is 25.4 Å². The average Bonchev–Trinajstić information content (AvgIpc) is 3.17. The van der Waals surface area contributed by atoms with Crippen molar-refractivity contribution < 1.29 is 19.4 Å². The third-order valence-corrected chi connectivity index (χ3v) is 6.42. The van der Waals surface area contributed by atoms with Gasteiger partial charge in [-0.3, -0.25) is 4.79 Å². The van der Waals surface area contributed by atoms with Crippen molar-refractivity contribution in [3.05, 3.63) is 52.3 Å². The minimum absolute atomic E-state index is 0.00370. The minimum atomic E-state index is -0.851. The van der Waals surface area contributed by atoms with Crippen LogP contribution in [0.1, 0.15) is 19.3 Å². The number of allylic oxidation sites excluding steroid dienone is 1. The molecule has 3 N–H and O–H groups in total. The van der Waals surface area contributed by atoms with Crippen LogP contribution >= 0.6 is 34.5 Å². The molecule has 3 rings (SSSR count). The molecule has 1 fully saturated rings. The van der Waals surface area contributed by atoms with E-state index in [-0.39, 0.29) is 24.9 Å². The number of thiophene rings is 1. The minimum Gasteiger partial charge on any atom is -0.399 e. The van der Waals surface area contributed by atoms with Crippen molar-refractivity contribution in [1.29, 1.82) is 0 Å². The van der Waals surface area contributed by atoms with E-state index in [1.54, 1.807) is 41.3 Å². The SMILES string of the molecule is C=CCC1CCCN(c2ccc(NC[C@@H](O)CNC(=O)Oc3ccc(Cl)s3)cc2Cl)C1=O. The molecule has 1 aromatic heterocycles. The topological polar surface area (TPSA) is 90.9 Å². The molecule has 0 saturated carbocycles. The normalized spacial score (nSPS) is 17.0. The van der Waals surface area contributed by atoms with E-state index >= 15 is 0 Å². The molecule has 2 atom stereocenters. The van der Waals surface area contributed by atoms with Crippen LogP contribution in [-0.4, -0.2) is 42.8 Å². The van der Waals surface area contributed by atoms with Crippen molar-refractivity contribution in [3.8, 4) is 5.06 Å². The summed E-state index contributed by atoms with van der Waals surface area (Å²) in [6.07, 6.45) is 2.69. The lowest BCUT2D eigenvalue weighted by atomic mass is 9.93. The Bertz CT molecular complexity index is 968. The van der Waals surface area contributed by atoms with Gasteiger partial charge in [-0.2, -0.15) is 0 Å². The van der Waals surface area contributed by atoms with E-state index in [0.717, 1.165) is 24.2 Å². The molecule has 7 nitrogen and oxygen atoms in total. The molecule has 0 spiro atoms. The van der Waals surface area contributed by atoms with Gasteiger partial charge in [0, 0.05) is 31.2 Å². The van der Waals surface area contributed by atoms with Gasteiger partial charge in [0.25, 0.3) is 0 Å². The van der Waals surface area contributed by atoms with Gasteiger partial charge in [-0.1, -0.05) is 40.6 Å². The zero-order chi connectivity index (χ0) is 23.1. The summed E-state index contributed by atoms with van der Waals surface area (Å²) in [5, 5.41) is 16.5. The van der Waals surface area contributed by atoms with Gasteiger partial charge in [-0.25, -0.2) is 4.79 Å². The summed E-state index contributed by atoms with van der Waals surface area (Å²) in [5.41, 5.74) is 1.37. The fourth-order valence-electron chi connectivity index (χ4n) is 3.43. The summed E-state index contributed by atoms with van der Waals surface area (Å²) in [5.74, 6) is 0.0122. The van der Waals surface area contributed by atoms with E-state index in [1.807, 2.05) is 0 Å². The fourth-order valence-corrected chi connectivity index (χ4v) is 4.59. The highest BCUT2D eigenvalue weighted by Crippen LogP contribution is 2.33. The second kappa shape index (κ2) is 11.6. The number of amides is 2. The van der Waals surface area contributed by atoms with Gasteiger partial charge in [0.2, 0.25) is 5.91 Å². The molecule has 1 unspecified atom stereocenters. The van der Waals surface area contributed by atoms with Crippen molar-refractivity contribution in [1.82, 2.24) is 5.32 Å². The number of benzene rings is 1. The second-order valence-corrected chi connectivity index (χ2v) is 9.47. The summed E-state index contributed by atoms with van der Waals surface area (Å²) in [4.78, 5) is 26.2. The lowest BCUT2D eigenvalue weighted by Crippen LogP contribution is -2.41. The summed E-state index contributed by atoms with van der Waals surface area (Å²) < 4.78 is 5.58. The van der Waals surface area contributed by atoms with Crippen LogP contribution in [0.5, 0.6) is 5.06 Å². The number of piperidine rings is 1. The molecule has 0 bridgehead atoms. The van der Waals surface area contributed by atoms with Gasteiger partial charge in [0.1, 0.15) is 0 Å². The zero-order valence-corrected chi connectivity index (χ0v) is 19.7. The van der Waals surface area contributed by atoms with Crippen LogP contribution in [-0.2, 0) is 4.79 Å². The van der Waals surface area contributed by atoms with E-state index in [0.29, 0.717) is 38.8 Å². The molecule has 1 aliphatic heterocycles. The van der Waals surface area contributed by atoms with E-state index in [4.69, 9.17) is 27.9 Å². The largest absolute Gasteiger partial charge is 0.413 e. The number of rotatable bonds is 9. The molecule has 0 radical (unpaired) electrons. The van der Waals surface area contributed by atoms with Gasteiger partial charge in [0.05, 0.1) is 21.2 Å². The smallest absolute Gasteiger partial charge is 0.399 e. The molecule has 172 valence electrons. The molecule has 1 aliphatic rings. The highest BCUT2D eigenvalue weighted by molar-refractivity contribution is 7.17. The summed E-state index contributed by atoms with van der Waals surface area (Å²) >= 11 is 13.4. The summed E-state index contributed by atoms with van der Waals surface area (Å²) in [7, 11) is 0. The number of aliphatic hydroxyl groups excluding tert-OH is 1. The van der Waals surface area contributed by atoms with Crippen LogP contribution in [0.3, 0.4) is 0 Å². The first kappa shape index (κ1) is 24.4. The Morgan fingerprint density at radius 2 is 2.16 bits per heavy atom. The molecule has 32 heavy (non-hydrogen) atoms. The third-order valence-electron chi connectivity index (χ3n) is 5.00. The number of anilines is 2. The van der Waals surface area contributed by atoms with Crippen molar-refractivity contribution >= 4 is 57.9 Å². The second-order valence-electron chi connectivity index (χ2n) is 7.38. The monoisotopic (exact) mass is 497 g/mol. The van der Waals surface area contributed by atoms with Crippen molar-refractivity contribution in [2.24, 2.45) is 5.92 Å². The molecule has 1 saturated heterocycles. The number of aliphatic hydroxyl groups is 1. The Kier molecular flexibility index (Phi) is 8.81. The Morgan fingerprint density at radius 3 is 2.84 bits per heavy atom. The van der Waals surface area contributed by atoms with Crippen LogP contribution in [0.4, 0.5) is 16.2 Å². The number of hydrogen-bond donors (Lipinski definition) is 3. The summed E-state index contributed by atoms with van der Waals surface area (Å²) in [6.45, 7) is 4.56. The first-order valence-electron chi connectivity index (χ1n) is 10.2.